The molecule has 0 aromatic heterocycles. The minimum atomic E-state index is -0.0734. The summed E-state index contributed by atoms with van der Waals surface area (Å²) in [6.45, 7) is 6.31. The fourth-order valence-electron chi connectivity index (χ4n) is 4.62. The molecule has 0 radical (unpaired) electrons. The van der Waals surface area contributed by atoms with Crippen molar-refractivity contribution in [1.29, 1.82) is 0 Å². The number of likely N-dealkylation sites (N-methyl/N-ethyl adjacent to an activating group) is 1. The van der Waals surface area contributed by atoms with Gasteiger partial charge in [-0.25, -0.2) is 4.79 Å². The van der Waals surface area contributed by atoms with Crippen LogP contribution < -0.4 is 10.1 Å². The Bertz CT molecular complexity index is 640. The maximum atomic E-state index is 12.9. The van der Waals surface area contributed by atoms with Crippen molar-refractivity contribution in [2.45, 2.75) is 50.6 Å². The van der Waals surface area contributed by atoms with Crippen LogP contribution in [-0.4, -0.2) is 68.4 Å². The molecule has 6 nitrogen and oxygen atoms in total. The molecular weight excluding hydrogens is 354 g/mol. The van der Waals surface area contributed by atoms with E-state index in [4.69, 9.17) is 9.47 Å². The number of rotatable bonds is 6. The van der Waals surface area contributed by atoms with Crippen LogP contribution in [-0.2, 0) is 4.74 Å². The molecule has 1 saturated heterocycles. The van der Waals surface area contributed by atoms with E-state index < -0.39 is 0 Å². The summed E-state index contributed by atoms with van der Waals surface area (Å²) in [5.41, 5.74) is 1.13. The number of amides is 2. The highest BCUT2D eigenvalue weighted by atomic mass is 16.5. The van der Waals surface area contributed by atoms with Crippen LogP contribution in [0.4, 0.5) is 4.79 Å². The van der Waals surface area contributed by atoms with E-state index >= 15 is 0 Å². The summed E-state index contributed by atoms with van der Waals surface area (Å²) < 4.78 is 10.9. The number of nitrogens with one attached hydrogen (secondary N) is 1. The van der Waals surface area contributed by atoms with Gasteiger partial charge in [-0.1, -0.05) is 31.4 Å². The molecule has 156 valence electrons. The maximum Gasteiger partial charge on any atom is 0.317 e. The number of ether oxygens (including phenoxy) is 2. The molecule has 1 aromatic carbocycles. The third kappa shape index (κ3) is 4.97. The lowest BCUT2D eigenvalue weighted by Gasteiger charge is -2.49. The molecule has 0 unspecified atom stereocenters. The maximum absolute atomic E-state index is 12.9. The van der Waals surface area contributed by atoms with Crippen LogP contribution in [0.2, 0.25) is 0 Å². The number of urea groups is 1. The smallest absolute Gasteiger partial charge is 0.317 e. The van der Waals surface area contributed by atoms with E-state index in [0.717, 1.165) is 57.0 Å². The van der Waals surface area contributed by atoms with E-state index in [0.29, 0.717) is 0 Å². The highest BCUT2D eigenvalue weighted by Crippen LogP contribution is 2.35. The molecule has 2 aliphatic rings. The third-order valence-corrected chi connectivity index (χ3v) is 6.28. The van der Waals surface area contributed by atoms with Gasteiger partial charge in [0, 0.05) is 32.2 Å². The Labute approximate surface area is 169 Å². The number of carbonyl (C=O) groups excluding carboxylic acids is 1. The Kier molecular flexibility index (Phi) is 7.18. The Hall–Kier alpha value is -1.79. The number of morpholine rings is 1. The predicted molar refractivity (Wildman–Crippen MR) is 111 cm³/mol. The lowest BCUT2D eigenvalue weighted by molar-refractivity contribution is -0.0448. The molecule has 3 rings (SSSR count). The van der Waals surface area contributed by atoms with E-state index in [1.165, 1.54) is 19.3 Å². The topological polar surface area (TPSA) is 54.0 Å². The zero-order valence-electron chi connectivity index (χ0n) is 17.6. The first-order chi connectivity index (χ1) is 13.5. The summed E-state index contributed by atoms with van der Waals surface area (Å²) in [7, 11) is 3.58. The first kappa shape index (κ1) is 20.9. The van der Waals surface area contributed by atoms with Crippen molar-refractivity contribution in [3.05, 3.63) is 29.8 Å². The van der Waals surface area contributed by atoms with Crippen molar-refractivity contribution in [2.24, 2.45) is 0 Å². The number of benzene rings is 1. The zero-order valence-corrected chi connectivity index (χ0v) is 17.6. The second kappa shape index (κ2) is 9.61. The number of nitrogens with zero attached hydrogens (tertiary/aromatic N) is 2. The van der Waals surface area contributed by atoms with Crippen molar-refractivity contribution < 1.29 is 14.3 Å². The molecule has 0 bridgehead atoms. The molecular formula is C22H35N3O3. The van der Waals surface area contributed by atoms with Crippen molar-refractivity contribution in [2.75, 3.05) is 47.0 Å². The van der Waals surface area contributed by atoms with Crippen LogP contribution in [0, 0.1) is 0 Å². The van der Waals surface area contributed by atoms with E-state index in [2.05, 4.69) is 10.2 Å². The fourth-order valence-corrected chi connectivity index (χ4v) is 4.62. The summed E-state index contributed by atoms with van der Waals surface area (Å²) >= 11 is 0. The van der Waals surface area contributed by atoms with E-state index in [1.54, 1.807) is 7.11 Å². The normalized spacial score (nSPS) is 21.0. The second-order valence-electron chi connectivity index (χ2n) is 8.19. The monoisotopic (exact) mass is 389 g/mol. The van der Waals surface area contributed by atoms with E-state index in [-0.39, 0.29) is 17.6 Å². The van der Waals surface area contributed by atoms with Crippen molar-refractivity contribution >= 4 is 6.03 Å². The molecule has 6 heteroatoms. The highest BCUT2D eigenvalue weighted by Gasteiger charge is 2.40. The predicted octanol–water partition coefficient (Wildman–Crippen LogP) is 3.43. The molecule has 1 heterocycles. The molecule has 1 aromatic rings. The minimum absolute atomic E-state index is 0.0199. The Balaban J connectivity index is 1.63. The van der Waals surface area contributed by atoms with Crippen LogP contribution in [0.1, 0.15) is 50.6 Å². The highest BCUT2D eigenvalue weighted by molar-refractivity contribution is 5.74. The van der Waals surface area contributed by atoms with Crippen LogP contribution in [0.3, 0.4) is 0 Å². The van der Waals surface area contributed by atoms with Crippen molar-refractivity contribution in [3.8, 4) is 5.75 Å². The van der Waals surface area contributed by atoms with Gasteiger partial charge in [-0.05, 0) is 37.5 Å². The molecule has 1 N–H and O–H groups in total. The molecule has 2 fully saturated rings. The van der Waals surface area contributed by atoms with Crippen LogP contribution in [0.25, 0.3) is 0 Å². The second-order valence-corrected chi connectivity index (χ2v) is 8.19. The number of carbonyl (C=O) groups is 1. The summed E-state index contributed by atoms with van der Waals surface area (Å²) in [6, 6.07) is 7.77. The van der Waals surface area contributed by atoms with Gasteiger partial charge >= 0.3 is 6.03 Å². The fraction of sp³-hybridized carbons (Fsp3) is 0.682. The number of hydrogen-bond donors (Lipinski definition) is 1. The van der Waals surface area contributed by atoms with Gasteiger partial charge in [-0.2, -0.15) is 0 Å². The largest absolute Gasteiger partial charge is 0.497 e. The van der Waals surface area contributed by atoms with Gasteiger partial charge in [-0.3, -0.25) is 4.90 Å². The summed E-state index contributed by atoms with van der Waals surface area (Å²) in [6.07, 6.45) is 6.11. The molecule has 0 spiro atoms. The van der Waals surface area contributed by atoms with Gasteiger partial charge in [0.15, 0.2) is 0 Å². The molecule has 1 atom stereocenters. The van der Waals surface area contributed by atoms with E-state index in [9.17, 15) is 4.79 Å². The lowest BCUT2D eigenvalue weighted by Crippen LogP contribution is -2.60. The standard InChI is InChI=1S/C22H35N3O3/c1-18(19-8-7-9-20(16-19)27-3)23-21(26)24(2)17-22(10-5-4-6-11-22)25-12-14-28-15-13-25/h7-9,16,18H,4-6,10-15,17H2,1-3H3,(H,23,26)/t18-/m1/s1. The quantitative estimate of drug-likeness (QED) is 0.810. The molecule has 1 aliphatic heterocycles. The first-order valence-corrected chi connectivity index (χ1v) is 10.5. The Morgan fingerprint density at radius 2 is 2.00 bits per heavy atom. The van der Waals surface area contributed by atoms with Crippen LogP contribution in [0.5, 0.6) is 5.75 Å². The van der Waals surface area contributed by atoms with Gasteiger partial charge in [0.2, 0.25) is 0 Å². The van der Waals surface area contributed by atoms with Gasteiger partial charge in [-0.15, -0.1) is 0 Å². The van der Waals surface area contributed by atoms with Crippen LogP contribution in [0.15, 0.2) is 24.3 Å². The van der Waals surface area contributed by atoms with Gasteiger partial charge in [0.05, 0.1) is 26.4 Å². The average Bonchev–Trinajstić information content (AvgIpc) is 2.75. The minimum Gasteiger partial charge on any atom is -0.497 e. The van der Waals surface area contributed by atoms with Crippen molar-refractivity contribution in [3.63, 3.8) is 0 Å². The summed E-state index contributed by atoms with van der Waals surface area (Å²) in [5.74, 6) is 0.806. The summed E-state index contributed by atoms with van der Waals surface area (Å²) in [5, 5.41) is 3.15. The molecule has 28 heavy (non-hydrogen) atoms. The zero-order chi connectivity index (χ0) is 20.0. The van der Waals surface area contributed by atoms with Gasteiger partial charge in [0.1, 0.15) is 5.75 Å². The average molecular weight is 390 g/mol. The molecule has 1 aliphatic carbocycles. The molecule has 2 amide bonds. The first-order valence-electron chi connectivity index (χ1n) is 10.5. The number of methoxy groups -OCH3 is 1. The Morgan fingerprint density at radius 1 is 1.29 bits per heavy atom. The van der Waals surface area contributed by atoms with E-state index in [1.807, 2.05) is 43.1 Å². The van der Waals surface area contributed by atoms with Gasteiger partial charge < -0.3 is 19.7 Å². The van der Waals surface area contributed by atoms with Gasteiger partial charge in [0.25, 0.3) is 0 Å². The Morgan fingerprint density at radius 3 is 2.68 bits per heavy atom. The SMILES string of the molecule is COc1cccc([C@@H](C)NC(=O)N(C)CC2(N3CCOCC3)CCCCC2)c1. The third-order valence-electron chi connectivity index (χ3n) is 6.28. The van der Waals surface area contributed by atoms with Crippen LogP contribution >= 0.6 is 0 Å². The number of hydrogen-bond acceptors (Lipinski definition) is 4. The lowest BCUT2D eigenvalue weighted by atomic mass is 9.79. The van der Waals surface area contributed by atoms with Crippen molar-refractivity contribution in [1.82, 2.24) is 15.1 Å². The molecule has 1 saturated carbocycles. The summed E-state index contributed by atoms with van der Waals surface area (Å²) in [4.78, 5) is 17.4.